The van der Waals surface area contributed by atoms with Crippen LogP contribution in [0.5, 0.6) is 0 Å². The molecule has 2 rings (SSSR count). The van der Waals surface area contributed by atoms with Gasteiger partial charge in [-0.05, 0) is 24.6 Å². The van der Waals surface area contributed by atoms with Crippen LogP contribution >= 0.6 is 0 Å². The maximum Gasteiger partial charge on any atom is 0.191 e. The maximum atomic E-state index is 13.7. The molecule has 2 N–H and O–H groups in total. The third kappa shape index (κ3) is 6.97. The highest BCUT2D eigenvalue weighted by Gasteiger charge is 2.09. The molecule has 25 heavy (non-hydrogen) atoms. The van der Waals surface area contributed by atoms with Crippen LogP contribution in [0.4, 0.5) is 4.39 Å². The zero-order chi connectivity index (χ0) is 17.9. The zero-order valence-electron chi connectivity index (χ0n) is 15.2. The van der Waals surface area contributed by atoms with Crippen molar-refractivity contribution in [2.45, 2.75) is 20.1 Å². The van der Waals surface area contributed by atoms with Crippen LogP contribution in [-0.4, -0.2) is 63.9 Å². The van der Waals surface area contributed by atoms with Gasteiger partial charge < -0.3 is 20.1 Å². The number of halogens is 1. The second-order valence-corrected chi connectivity index (χ2v) is 5.93. The van der Waals surface area contributed by atoms with E-state index in [1.54, 1.807) is 19.2 Å². The minimum atomic E-state index is -0.245. The van der Waals surface area contributed by atoms with Gasteiger partial charge in [-0.1, -0.05) is 6.07 Å². The first kappa shape index (κ1) is 19.6. The Balaban J connectivity index is 1.86. The van der Waals surface area contributed by atoms with Gasteiger partial charge in [0.2, 0.25) is 0 Å². The Bertz CT molecular complexity index is 548. The fraction of sp³-hybridized carbons (Fsp3) is 0.611. The Morgan fingerprint density at radius 2 is 2.12 bits per heavy atom. The number of nitrogens with zero attached hydrogens (tertiary/aromatic N) is 2. The summed E-state index contributed by atoms with van der Waals surface area (Å²) in [5.74, 6) is 0.526. The van der Waals surface area contributed by atoms with Crippen molar-refractivity contribution in [1.29, 1.82) is 0 Å². The minimum Gasteiger partial charge on any atom is -0.380 e. The van der Waals surface area contributed by atoms with Gasteiger partial charge in [0.15, 0.2) is 5.96 Å². The third-order valence-electron chi connectivity index (χ3n) is 4.00. The average molecular weight is 352 g/mol. The molecule has 0 saturated carbocycles. The van der Waals surface area contributed by atoms with E-state index in [9.17, 15) is 4.39 Å². The summed E-state index contributed by atoms with van der Waals surface area (Å²) >= 11 is 0. The van der Waals surface area contributed by atoms with E-state index in [0.717, 1.165) is 57.5 Å². The third-order valence-corrected chi connectivity index (χ3v) is 4.00. The normalized spacial score (nSPS) is 16.0. The van der Waals surface area contributed by atoms with Crippen LogP contribution < -0.4 is 10.6 Å². The summed E-state index contributed by atoms with van der Waals surface area (Å²) in [6, 6.07) is 5.03. The molecule has 1 fully saturated rings. The molecule has 0 aromatic heterocycles. The smallest absolute Gasteiger partial charge is 0.191 e. The monoisotopic (exact) mass is 352 g/mol. The second-order valence-electron chi connectivity index (χ2n) is 5.93. The molecule has 0 amide bonds. The van der Waals surface area contributed by atoms with E-state index in [1.807, 2.05) is 6.92 Å². The van der Waals surface area contributed by atoms with Gasteiger partial charge in [-0.25, -0.2) is 9.38 Å². The lowest BCUT2D eigenvalue weighted by atomic mass is 10.1. The predicted molar refractivity (Wildman–Crippen MR) is 97.2 cm³/mol. The summed E-state index contributed by atoms with van der Waals surface area (Å²) in [4.78, 5) is 6.96. The second kappa shape index (κ2) is 11.0. The molecular formula is C18H29FN4O2. The maximum absolute atomic E-state index is 13.7. The Kier molecular flexibility index (Phi) is 8.65. The average Bonchev–Trinajstić information content (AvgIpc) is 2.63. The lowest BCUT2D eigenvalue weighted by Crippen LogP contribution is -2.44. The highest BCUT2D eigenvalue weighted by atomic mass is 19.1. The number of aliphatic imine (C=N–C) groups is 1. The van der Waals surface area contributed by atoms with Crippen molar-refractivity contribution in [3.63, 3.8) is 0 Å². The van der Waals surface area contributed by atoms with Gasteiger partial charge in [0.25, 0.3) is 0 Å². The number of guanidine groups is 1. The number of benzene rings is 1. The van der Waals surface area contributed by atoms with Crippen LogP contribution in [0.25, 0.3) is 0 Å². The van der Waals surface area contributed by atoms with Gasteiger partial charge in [-0.2, -0.15) is 0 Å². The molecule has 0 radical (unpaired) electrons. The molecule has 1 aromatic rings. The van der Waals surface area contributed by atoms with Crippen molar-refractivity contribution < 1.29 is 13.9 Å². The molecule has 1 heterocycles. The SMILES string of the molecule is CCNC(=NCc1ccc(F)c(COC)c1)NCCN1CCOCC1. The van der Waals surface area contributed by atoms with Crippen molar-refractivity contribution in [1.82, 2.24) is 15.5 Å². The van der Waals surface area contributed by atoms with Crippen LogP contribution in [0.1, 0.15) is 18.1 Å². The van der Waals surface area contributed by atoms with Gasteiger partial charge >= 0.3 is 0 Å². The molecule has 0 atom stereocenters. The first-order chi connectivity index (χ1) is 12.2. The standard InChI is InChI=1S/C18H29FN4O2/c1-3-20-18(21-6-7-23-8-10-25-11-9-23)22-13-15-4-5-17(19)16(12-15)14-24-2/h4-5,12H,3,6-11,13-14H2,1-2H3,(H2,20,21,22). The predicted octanol–water partition coefficient (Wildman–Crippen LogP) is 1.36. The van der Waals surface area contributed by atoms with E-state index in [0.29, 0.717) is 12.1 Å². The zero-order valence-corrected chi connectivity index (χ0v) is 15.2. The highest BCUT2D eigenvalue weighted by molar-refractivity contribution is 5.79. The number of hydrogen-bond donors (Lipinski definition) is 2. The van der Waals surface area contributed by atoms with E-state index >= 15 is 0 Å². The Morgan fingerprint density at radius 1 is 1.32 bits per heavy atom. The molecule has 1 aliphatic heterocycles. The summed E-state index contributed by atoms with van der Waals surface area (Å²) in [6.45, 7) is 8.94. The molecule has 140 valence electrons. The molecular weight excluding hydrogens is 323 g/mol. The summed E-state index contributed by atoms with van der Waals surface area (Å²) in [5, 5.41) is 6.59. The first-order valence-electron chi connectivity index (χ1n) is 8.81. The Hall–Kier alpha value is -1.70. The number of methoxy groups -OCH3 is 1. The van der Waals surface area contributed by atoms with Crippen LogP contribution in [0.2, 0.25) is 0 Å². The lowest BCUT2D eigenvalue weighted by molar-refractivity contribution is 0.0389. The van der Waals surface area contributed by atoms with Gasteiger partial charge in [-0.15, -0.1) is 0 Å². The summed E-state index contributed by atoms with van der Waals surface area (Å²) in [6.07, 6.45) is 0. The van der Waals surface area contributed by atoms with Gasteiger partial charge in [0.05, 0.1) is 26.4 Å². The van der Waals surface area contributed by atoms with Crippen molar-refractivity contribution >= 4 is 5.96 Å². The summed E-state index contributed by atoms with van der Waals surface area (Å²) < 4.78 is 24.0. The van der Waals surface area contributed by atoms with E-state index < -0.39 is 0 Å². The molecule has 0 unspecified atom stereocenters. The molecule has 6 nitrogen and oxygen atoms in total. The van der Waals surface area contributed by atoms with E-state index in [2.05, 4.69) is 20.5 Å². The molecule has 0 bridgehead atoms. The molecule has 1 aromatic carbocycles. The van der Waals surface area contributed by atoms with Crippen LogP contribution in [0, 0.1) is 5.82 Å². The fourth-order valence-electron chi connectivity index (χ4n) is 2.66. The lowest BCUT2D eigenvalue weighted by Gasteiger charge is -2.26. The van der Waals surface area contributed by atoms with Crippen LogP contribution in [-0.2, 0) is 22.6 Å². The van der Waals surface area contributed by atoms with Crippen LogP contribution in [0.3, 0.4) is 0 Å². The highest BCUT2D eigenvalue weighted by Crippen LogP contribution is 2.12. The molecule has 0 aliphatic carbocycles. The van der Waals surface area contributed by atoms with Gasteiger partial charge in [-0.3, -0.25) is 4.90 Å². The fourth-order valence-corrected chi connectivity index (χ4v) is 2.66. The number of rotatable bonds is 8. The van der Waals surface area contributed by atoms with Crippen molar-refractivity contribution in [2.24, 2.45) is 4.99 Å². The van der Waals surface area contributed by atoms with E-state index in [-0.39, 0.29) is 12.4 Å². The van der Waals surface area contributed by atoms with Crippen LogP contribution in [0.15, 0.2) is 23.2 Å². The molecule has 0 spiro atoms. The van der Waals surface area contributed by atoms with Crippen molar-refractivity contribution in [3.8, 4) is 0 Å². The number of ether oxygens (including phenoxy) is 2. The molecule has 7 heteroatoms. The topological polar surface area (TPSA) is 58.1 Å². The first-order valence-corrected chi connectivity index (χ1v) is 8.81. The summed E-state index contributed by atoms with van der Waals surface area (Å²) in [5.41, 5.74) is 1.51. The number of morpholine rings is 1. The van der Waals surface area contributed by atoms with E-state index in [1.165, 1.54) is 6.07 Å². The van der Waals surface area contributed by atoms with E-state index in [4.69, 9.17) is 9.47 Å². The van der Waals surface area contributed by atoms with Gasteiger partial charge in [0, 0.05) is 45.4 Å². The Morgan fingerprint density at radius 3 is 2.84 bits per heavy atom. The Labute approximate surface area is 149 Å². The molecule has 1 saturated heterocycles. The number of hydrogen-bond acceptors (Lipinski definition) is 4. The largest absolute Gasteiger partial charge is 0.380 e. The molecule has 1 aliphatic rings. The quantitative estimate of drug-likeness (QED) is 0.547. The van der Waals surface area contributed by atoms with Crippen molar-refractivity contribution in [3.05, 3.63) is 35.1 Å². The number of nitrogens with one attached hydrogen (secondary N) is 2. The van der Waals surface area contributed by atoms with Gasteiger partial charge in [0.1, 0.15) is 5.82 Å². The van der Waals surface area contributed by atoms with Crippen molar-refractivity contribution in [2.75, 3.05) is 53.0 Å². The summed E-state index contributed by atoms with van der Waals surface area (Å²) in [7, 11) is 1.56. The minimum absolute atomic E-state index is 0.245.